The molecule has 1 heterocycles. The summed E-state index contributed by atoms with van der Waals surface area (Å²) in [5, 5.41) is 26.7. The van der Waals surface area contributed by atoms with Crippen molar-refractivity contribution >= 4 is 28.4 Å². The number of nitro groups is 1. The average molecular weight is 393 g/mol. The van der Waals surface area contributed by atoms with Crippen molar-refractivity contribution in [3.63, 3.8) is 0 Å². The van der Waals surface area contributed by atoms with Gasteiger partial charge >= 0.3 is 0 Å². The van der Waals surface area contributed by atoms with E-state index in [4.69, 9.17) is 4.74 Å². The Morgan fingerprint density at radius 2 is 2.18 bits per heavy atom. The van der Waals surface area contributed by atoms with Gasteiger partial charge in [0.05, 0.1) is 22.9 Å². The van der Waals surface area contributed by atoms with Crippen molar-refractivity contribution in [1.29, 1.82) is 5.26 Å². The molecule has 8 nitrogen and oxygen atoms in total. The highest BCUT2D eigenvalue weighted by Gasteiger charge is 2.13. The summed E-state index contributed by atoms with van der Waals surface area (Å²) >= 11 is 1.24. The minimum Gasteiger partial charge on any atom is -0.492 e. The molecule has 0 aliphatic carbocycles. The van der Waals surface area contributed by atoms with Crippen molar-refractivity contribution in [3.8, 4) is 23.1 Å². The van der Waals surface area contributed by atoms with Gasteiger partial charge in [-0.3, -0.25) is 15.5 Å². The van der Waals surface area contributed by atoms with Crippen LogP contribution in [0.25, 0.3) is 11.3 Å². The molecule has 1 N–H and O–H groups in total. The molecule has 0 radical (unpaired) electrons. The van der Waals surface area contributed by atoms with E-state index in [1.807, 2.05) is 25.1 Å². The maximum atomic E-state index is 10.9. The molecule has 0 unspecified atom stereocenters. The summed E-state index contributed by atoms with van der Waals surface area (Å²) in [6.45, 7) is 2.39. The molecule has 0 bridgehead atoms. The van der Waals surface area contributed by atoms with Gasteiger partial charge in [0.2, 0.25) is 0 Å². The Kier molecular flexibility index (Phi) is 5.94. The predicted octanol–water partition coefficient (Wildman–Crippen LogP) is 4.46. The summed E-state index contributed by atoms with van der Waals surface area (Å²) in [6, 6.07) is 15.5. The molecule has 0 saturated heterocycles. The molecule has 0 aliphatic heterocycles. The molecule has 9 heteroatoms. The maximum absolute atomic E-state index is 10.9. The number of ether oxygens (including phenoxy) is 1. The predicted molar refractivity (Wildman–Crippen MR) is 108 cm³/mol. The lowest BCUT2D eigenvalue weighted by Gasteiger charge is -2.08. The quantitative estimate of drug-likeness (QED) is 0.360. The van der Waals surface area contributed by atoms with Gasteiger partial charge in [0.15, 0.2) is 10.7 Å². The van der Waals surface area contributed by atoms with E-state index in [0.29, 0.717) is 34.3 Å². The van der Waals surface area contributed by atoms with E-state index in [1.54, 1.807) is 29.6 Å². The molecule has 0 amide bonds. The summed E-state index contributed by atoms with van der Waals surface area (Å²) in [4.78, 5) is 14.9. The van der Waals surface area contributed by atoms with Crippen LogP contribution in [0.3, 0.4) is 0 Å². The highest BCUT2D eigenvalue weighted by Crippen LogP contribution is 2.26. The monoisotopic (exact) mass is 393 g/mol. The number of hydrogen-bond donors (Lipinski definition) is 1. The van der Waals surface area contributed by atoms with Gasteiger partial charge in [0.1, 0.15) is 11.8 Å². The largest absolute Gasteiger partial charge is 0.492 e. The number of nitriles is 1. The van der Waals surface area contributed by atoms with Crippen LogP contribution in [0.15, 0.2) is 59.0 Å². The van der Waals surface area contributed by atoms with Gasteiger partial charge in [-0.1, -0.05) is 24.3 Å². The second-order valence-corrected chi connectivity index (χ2v) is 6.32. The van der Waals surface area contributed by atoms with Gasteiger partial charge in [0.25, 0.3) is 5.69 Å². The van der Waals surface area contributed by atoms with Gasteiger partial charge in [-0.15, -0.1) is 11.3 Å². The number of thiazole rings is 1. The minimum absolute atomic E-state index is 0.0181. The van der Waals surface area contributed by atoms with Crippen LogP contribution < -0.4 is 10.2 Å². The van der Waals surface area contributed by atoms with Crippen LogP contribution in [0.4, 0.5) is 11.4 Å². The lowest BCUT2D eigenvalue weighted by molar-refractivity contribution is -0.384. The Labute approximate surface area is 164 Å². The van der Waals surface area contributed by atoms with Gasteiger partial charge in [0, 0.05) is 23.1 Å². The Balaban J connectivity index is 1.85. The molecular weight excluding hydrogens is 378 g/mol. The van der Waals surface area contributed by atoms with E-state index < -0.39 is 4.92 Å². The lowest BCUT2D eigenvalue weighted by Crippen LogP contribution is -2.03. The van der Waals surface area contributed by atoms with Crippen molar-refractivity contribution in [2.75, 3.05) is 12.0 Å². The van der Waals surface area contributed by atoms with E-state index in [2.05, 4.69) is 15.5 Å². The summed E-state index contributed by atoms with van der Waals surface area (Å²) in [5.74, 6) is 0.627. The van der Waals surface area contributed by atoms with Crippen molar-refractivity contribution in [2.24, 2.45) is 5.10 Å². The third kappa shape index (κ3) is 4.31. The van der Waals surface area contributed by atoms with Gasteiger partial charge in [-0.25, -0.2) is 4.98 Å². The number of hydrogen-bond acceptors (Lipinski definition) is 8. The third-order valence-corrected chi connectivity index (χ3v) is 4.49. The van der Waals surface area contributed by atoms with Gasteiger partial charge in [-0.2, -0.15) is 10.4 Å². The molecule has 0 fully saturated rings. The van der Waals surface area contributed by atoms with Crippen molar-refractivity contribution < 1.29 is 9.66 Å². The standard InChI is InChI=1S/C19H15N5O3S/c1-2-27-18-9-4-3-8-15(18)22-23-16(11-20)19-21-17(12-28-19)13-6-5-7-14(10-13)24(25)26/h3-10,12,22H,2H2,1H3/b23-16+. The Bertz CT molecular complexity index is 1070. The van der Waals surface area contributed by atoms with E-state index in [9.17, 15) is 15.4 Å². The van der Waals surface area contributed by atoms with E-state index in [1.165, 1.54) is 23.5 Å². The van der Waals surface area contributed by atoms with Crippen LogP contribution in [-0.2, 0) is 0 Å². The van der Waals surface area contributed by atoms with Crippen LogP contribution in [0.1, 0.15) is 11.9 Å². The van der Waals surface area contributed by atoms with Crippen LogP contribution in [0.2, 0.25) is 0 Å². The van der Waals surface area contributed by atoms with Gasteiger partial charge in [-0.05, 0) is 19.1 Å². The second-order valence-electron chi connectivity index (χ2n) is 5.46. The first-order chi connectivity index (χ1) is 13.6. The van der Waals surface area contributed by atoms with E-state index in [0.717, 1.165) is 0 Å². The minimum atomic E-state index is -0.460. The Hall–Kier alpha value is -3.77. The normalized spacial score (nSPS) is 10.9. The van der Waals surface area contributed by atoms with Crippen molar-refractivity contribution in [2.45, 2.75) is 6.92 Å². The molecule has 2 aromatic carbocycles. The number of non-ortho nitro benzene ring substituents is 1. The second kappa shape index (κ2) is 8.75. The topological polar surface area (TPSA) is 113 Å². The van der Waals surface area contributed by atoms with Crippen molar-refractivity contribution in [1.82, 2.24) is 4.98 Å². The number of para-hydroxylation sites is 2. The molecule has 0 spiro atoms. The first-order valence-electron chi connectivity index (χ1n) is 8.28. The molecule has 28 heavy (non-hydrogen) atoms. The average Bonchev–Trinajstić information content (AvgIpc) is 3.20. The first kappa shape index (κ1) is 19.0. The van der Waals surface area contributed by atoms with Crippen LogP contribution in [-0.4, -0.2) is 22.2 Å². The highest BCUT2D eigenvalue weighted by atomic mass is 32.1. The first-order valence-corrected chi connectivity index (χ1v) is 9.16. The van der Waals surface area contributed by atoms with Crippen LogP contribution >= 0.6 is 11.3 Å². The summed E-state index contributed by atoms with van der Waals surface area (Å²) in [5.41, 5.74) is 4.70. The molecule has 3 rings (SSSR count). The number of anilines is 1. The Morgan fingerprint density at radius 1 is 1.36 bits per heavy atom. The maximum Gasteiger partial charge on any atom is 0.270 e. The number of rotatable bonds is 7. The van der Waals surface area contributed by atoms with Gasteiger partial charge < -0.3 is 4.74 Å². The molecule has 1 aromatic heterocycles. The molecule has 0 saturated carbocycles. The lowest BCUT2D eigenvalue weighted by atomic mass is 10.1. The SMILES string of the molecule is CCOc1ccccc1N/N=C(\C#N)c1nc(-c2cccc([N+](=O)[O-])c2)cs1. The van der Waals surface area contributed by atoms with Crippen molar-refractivity contribution in [3.05, 3.63) is 69.0 Å². The fourth-order valence-electron chi connectivity index (χ4n) is 2.37. The zero-order valence-corrected chi connectivity index (χ0v) is 15.6. The number of nitrogens with zero attached hydrogens (tertiary/aromatic N) is 4. The van der Waals surface area contributed by atoms with E-state index in [-0.39, 0.29) is 11.4 Å². The fraction of sp³-hybridized carbons (Fsp3) is 0.105. The molecule has 140 valence electrons. The summed E-state index contributed by atoms with van der Waals surface area (Å²) in [6.07, 6.45) is 0. The Morgan fingerprint density at radius 3 is 2.93 bits per heavy atom. The fourth-order valence-corrected chi connectivity index (χ4v) is 3.14. The van der Waals surface area contributed by atoms with Crippen LogP contribution in [0.5, 0.6) is 5.75 Å². The number of benzene rings is 2. The third-order valence-electron chi connectivity index (χ3n) is 3.64. The molecule has 0 atom stereocenters. The number of hydrazone groups is 1. The zero-order valence-electron chi connectivity index (χ0n) is 14.8. The van der Waals surface area contributed by atoms with E-state index >= 15 is 0 Å². The number of aromatic nitrogens is 1. The molecule has 0 aliphatic rings. The summed E-state index contributed by atoms with van der Waals surface area (Å²) in [7, 11) is 0. The van der Waals surface area contributed by atoms with Crippen LogP contribution in [0, 0.1) is 21.4 Å². The zero-order chi connectivity index (χ0) is 19.9. The molecular formula is C19H15N5O3S. The smallest absolute Gasteiger partial charge is 0.270 e. The molecule has 3 aromatic rings. The number of nitro benzene ring substituents is 1. The number of nitrogens with one attached hydrogen (secondary N) is 1. The highest BCUT2D eigenvalue weighted by molar-refractivity contribution is 7.12. The summed E-state index contributed by atoms with van der Waals surface area (Å²) < 4.78 is 5.52.